The average Bonchev–Trinajstić information content (AvgIpc) is 3.51. The zero-order valence-electron chi connectivity index (χ0n) is 26.2. The SMILES string of the molecule is CC(C)(C)OC(=O)Nc1ncc([C@H](O)[C@@H]2OC(C)(C)O[C@@H]2[C@H](O)CO[Si](c2ccccc2)(c2ccccc2)C(C)(C)C)s1. The van der Waals surface area contributed by atoms with Crippen molar-refractivity contribution in [1.82, 2.24) is 4.98 Å². The maximum atomic E-state index is 12.2. The van der Waals surface area contributed by atoms with Gasteiger partial charge in [-0.3, -0.25) is 5.32 Å². The highest BCUT2D eigenvalue weighted by Crippen LogP contribution is 2.40. The number of anilines is 1. The van der Waals surface area contributed by atoms with Crippen LogP contribution in [-0.2, 0) is 18.6 Å². The summed E-state index contributed by atoms with van der Waals surface area (Å²) in [5.74, 6) is -1.06. The van der Waals surface area contributed by atoms with E-state index < -0.39 is 50.2 Å². The van der Waals surface area contributed by atoms with Gasteiger partial charge in [0, 0.05) is 6.20 Å². The van der Waals surface area contributed by atoms with Crippen LogP contribution in [0.5, 0.6) is 0 Å². The van der Waals surface area contributed by atoms with E-state index in [2.05, 4.69) is 55.3 Å². The lowest BCUT2D eigenvalue weighted by Gasteiger charge is -2.43. The van der Waals surface area contributed by atoms with E-state index in [0.29, 0.717) is 4.88 Å². The third-order valence-electron chi connectivity index (χ3n) is 7.16. The summed E-state index contributed by atoms with van der Waals surface area (Å²) in [5.41, 5.74) is -0.663. The molecule has 0 spiro atoms. The van der Waals surface area contributed by atoms with Crippen molar-refractivity contribution in [2.24, 2.45) is 0 Å². The van der Waals surface area contributed by atoms with Crippen LogP contribution in [-0.4, -0.2) is 65.9 Å². The van der Waals surface area contributed by atoms with Crippen LogP contribution < -0.4 is 15.7 Å². The van der Waals surface area contributed by atoms with Crippen molar-refractivity contribution < 1.29 is 33.6 Å². The van der Waals surface area contributed by atoms with Crippen LogP contribution in [0, 0.1) is 0 Å². The second-order valence-electron chi connectivity index (χ2n) is 13.2. The second kappa shape index (κ2) is 12.8. The lowest BCUT2D eigenvalue weighted by atomic mass is 10.0. The minimum atomic E-state index is -2.92. The number of hydrogen-bond acceptors (Lipinski definition) is 9. The smallest absolute Gasteiger partial charge is 0.413 e. The first-order valence-electron chi connectivity index (χ1n) is 14.4. The number of amides is 1. The number of aliphatic hydroxyl groups excluding tert-OH is 2. The predicted octanol–water partition coefficient (Wildman–Crippen LogP) is 4.98. The number of hydrogen-bond donors (Lipinski definition) is 3. The van der Waals surface area contributed by atoms with E-state index in [1.54, 1.807) is 34.6 Å². The van der Waals surface area contributed by atoms with Crippen molar-refractivity contribution in [3.05, 3.63) is 71.7 Å². The Bertz CT molecular complexity index is 1320. The average molecular weight is 629 g/mol. The molecule has 0 unspecified atom stereocenters. The number of thiazole rings is 1. The summed E-state index contributed by atoms with van der Waals surface area (Å²) < 4.78 is 24.5. The summed E-state index contributed by atoms with van der Waals surface area (Å²) in [6, 6.07) is 20.4. The molecule has 4 rings (SSSR count). The molecule has 0 radical (unpaired) electrons. The van der Waals surface area contributed by atoms with Crippen molar-refractivity contribution in [3.8, 4) is 0 Å². The first kappa shape index (κ1) is 33.3. The molecule has 11 heteroatoms. The molecule has 1 aliphatic rings. The topological polar surface area (TPSA) is 119 Å². The summed E-state index contributed by atoms with van der Waals surface area (Å²) in [6.07, 6.45) is -3.27. The Kier molecular flexibility index (Phi) is 9.87. The number of aromatic nitrogens is 1. The number of carbonyl (C=O) groups excluding carboxylic acids is 1. The van der Waals surface area contributed by atoms with E-state index in [9.17, 15) is 15.0 Å². The van der Waals surface area contributed by atoms with Crippen LogP contribution in [0.1, 0.15) is 66.4 Å². The maximum Gasteiger partial charge on any atom is 0.413 e. The second-order valence-corrected chi connectivity index (χ2v) is 18.6. The quantitative estimate of drug-likeness (QED) is 0.284. The van der Waals surface area contributed by atoms with Crippen molar-refractivity contribution in [2.75, 3.05) is 11.9 Å². The van der Waals surface area contributed by atoms with Gasteiger partial charge in [0.1, 0.15) is 30.0 Å². The highest BCUT2D eigenvalue weighted by molar-refractivity contribution is 7.15. The maximum absolute atomic E-state index is 12.2. The summed E-state index contributed by atoms with van der Waals surface area (Å²) in [5, 5.41) is 27.8. The van der Waals surface area contributed by atoms with Crippen LogP contribution in [0.15, 0.2) is 66.9 Å². The molecule has 1 fully saturated rings. The Morgan fingerprint density at radius 1 is 0.977 bits per heavy atom. The molecule has 1 aromatic heterocycles. The van der Waals surface area contributed by atoms with Crippen LogP contribution in [0.3, 0.4) is 0 Å². The van der Waals surface area contributed by atoms with Gasteiger partial charge in [0.05, 0.1) is 11.5 Å². The first-order valence-corrected chi connectivity index (χ1v) is 17.2. The fourth-order valence-corrected chi connectivity index (χ4v) is 10.9. The Balaban J connectivity index is 1.57. The van der Waals surface area contributed by atoms with Gasteiger partial charge in [-0.15, -0.1) is 0 Å². The molecule has 3 aromatic rings. The van der Waals surface area contributed by atoms with E-state index >= 15 is 0 Å². The van der Waals surface area contributed by atoms with Crippen LogP contribution in [0.4, 0.5) is 9.93 Å². The van der Waals surface area contributed by atoms with E-state index in [1.165, 1.54) is 6.20 Å². The molecule has 2 aromatic carbocycles. The number of ether oxygens (including phenoxy) is 3. The van der Waals surface area contributed by atoms with E-state index in [-0.39, 0.29) is 16.8 Å². The number of carbonyl (C=O) groups is 1. The van der Waals surface area contributed by atoms with E-state index in [4.69, 9.17) is 18.6 Å². The Morgan fingerprint density at radius 2 is 1.51 bits per heavy atom. The molecule has 1 amide bonds. The molecule has 0 bridgehead atoms. The molecule has 9 nitrogen and oxygen atoms in total. The van der Waals surface area contributed by atoms with Gasteiger partial charge in [-0.05, 0) is 50.0 Å². The summed E-state index contributed by atoms with van der Waals surface area (Å²) >= 11 is 1.10. The molecule has 2 heterocycles. The fraction of sp³-hybridized carbons (Fsp3) is 0.500. The van der Waals surface area contributed by atoms with E-state index in [0.717, 1.165) is 21.7 Å². The van der Waals surface area contributed by atoms with Gasteiger partial charge in [0.2, 0.25) is 0 Å². The Morgan fingerprint density at radius 3 is 2.02 bits per heavy atom. The summed E-state index contributed by atoms with van der Waals surface area (Å²) in [6.45, 7) is 15.3. The number of benzene rings is 2. The van der Waals surface area contributed by atoms with Crippen LogP contribution >= 0.6 is 11.3 Å². The molecule has 0 aliphatic carbocycles. The third kappa shape index (κ3) is 7.72. The van der Waals surface area contributed by atoms with Crippen LogP contribution in [0.25, 0.3) is 0 Å². The summed E-state index contributed by atoms with van der Waals surface area (Å²) in [7, 11) is -2.92. The molecule has 1 aliphatic heterocycles. The third-order valence-corrected chi connectivity index (χ3v) is 13.2. The molecular weight excluding hydrogens is 585 g/mol. The zero-order valence-corrected chi connectivity index (χ0v) is 28.0. The van der Waals surface area contributed by atoms with Crippen molar-refractivity contribution in [3.63, 3.8) is 0 Å². The highest BCUT2D eigenvalue weighted by atomic mass is 32.1. The van der Waals surface area contributed by atoms with Crippen molar-refractivity contribution in [1.29, 1.82) is 0 Å². The standard InChI is InChI=1S/C32H44N2O7SSi/c1-30(2,3)41-29(37)34-28-33-19-24(42-28)25(36)27-26(39-32(7,8)40-27)23(35)20-38-43(31(4,5)6,21-15-11-9-12-16-21)22-17-13-10-14-18-22/h9-19,23,25-27,35-36H,20H2,1-8H3,(H,33,34,37)/t23-,25+,26-,27+/m1/s1. The highest BCUT2D eigenvalue weighted by Gasteiger charge is 2.53. The lowest BCUT2D eigenvalue weighted by Crippen LogP contribution is -2.67. The predicted molar refractivity (Wildman–Crippen MR) is 170 cm³/mol. The number of nitrogens with zero attached hydrogens (tertiary/aromatic N) is 1. The van der Waals surface area contributed by atoms with Gasteiger partial charge < -0.3 is 28.8 Å². The van der Waals surface area contributed by atoms with Gasteiger partial charge in [-0.2, -0.15) is 0 Å². The number of rotatable bonds is 9. The van der Waals surface area contributed by atoms with Gasteiger partial charge in [0.25, 0.3) is 8.32 Å². The van der Waals surface area contributed by atoms with Gasteiger partial charge >= 0.3 is 6.09 Å². The monoisotopic (exact) mass is 628 g/mol. The normalized spacial score (nSPS) is 20.4. The largest absolute Gasteiger partial charge is 0.444 e. The zero-order chi connectivity index (χ0) is 31.6. The van der Waals surface area contributed by atoms with Gasteiger partial charge in [-0.25, -0.2) is 9.78 Å². The molecule has 43 heavy (non-hydrogen) atoms. The van der Waals surface area contributed by atoms with Crippen molar-refractivity contribution >= 4 is 41.3 Å². The number of aliphatic hydroxyl groups is 2. The minimum Gasteiger partial charge on any atom is -0.444 e. The molecule has 4 atom stereocenters. The fourth-order valence-electron chi connectivity index (χ4n) is 5.46. The van der Waals surface area contributed by atoms with Gasteiger partial charge in [-0.1, -0.05) is 92.8 Å². The van der Waals surface area contributed by atoms with Gasteiger partial charge in [0.15, 0.2) is 10.9 Å². The molecule has 3 N–H and O–H groups in total. The molecule has 1 saturated heterocycles. The molecule has 234 valence electrons. The lowest BCUT2D eigenvalue weighted by molar-refractivity contribution is -0.161. The molecular formula is C32H44N2O7SSi. The molecule has 0 saturated carbocycles. The Hall–Kier alpha value is -2.64. The minimum absolute atomic E-state index is 0.0330. The van der Waals surface area contributed by atoms with Crippen molar-refractivity contribution in [2.45, 2.75) is 96.2 Å². The number of nitrogens with one attached hydrogen (secondary N) is 1. The summed E-state index contributed by atoms with van der Waals surface area (Å²) in [4.78, 5) is 16.9. The first-order chi connectivity index (χ1) is 20.0. The Labute approximate surface area is 259 Å². The van der Waals surface area contributed by atoms with Crippen LogP contribution in [0.2, 0.25) is 5.04 Å². The van der Waals surface area contributed by atoms with E-state index in [1.807, 2.05) is 36.4 Å².